The van der Waals surface area contributed by atoms with Crippen molar-refractivity contribution in [3.8, 4) is 5.75 Å². The Labute approximate surface area is 115 Å². The van der Waals surface area contributed by atoms with Crippen molar-refractivity contribution >= 4 is 0 Å². The summed E-state index contributed by atoms with van der Waals surface area (Å²) in [6.07, 6.45) is 2.36. The Morgan fingerprint density at radius 2 is 2.16 bits per heavy atom. The van der Waals surface area contributed by atoms with E-state index >= 15 is 0 Å². The molecule has 106 valence electrons. The van der Waals surface area contributed by atoms with Crippen molar-refractivity contribution < 1.29 is 9.13 Å². The van der Waals surface area contributed by atoms with Crippen LogP contribution in [-0.2, 0) is 0 Å². The summed E-state index contributed by atoms with van der Waals surface area (Å²) in [7, 11) is 0. The van der Waals surface area contributed by atoms with Gasteiger partial charge in [0, 0.05) is 6.04 Å². The van der Waals surface area contributed by atoms with Gasteiger partial charge < -0.3 is 10.1 Å². The molecule has 1 N–H and O–H groups in total. The number of rotatable bonds is 4. The van der Waals surface area contributed by atoms with E-state index in [1.165, 1.54) is 6.07 Å². The van der Waals surface area contributed by atoms with E-state index in [1.54, 1.807) is 19.1 Å². The van der Waals surface area contributed by atoms with Crippen LogP contribution in [0.15, 0.2) is 18.2 Å². The van der Waals surface area contributed by atoms with E-state index < -0.39 is 0 Å². The average molecular weight is 265 g/mol. The lowest BCUT2D eigenvalue weighted by atomic mass is 9.87. The molecule has 1 aromatic carbocycles. The van der Waals surface area contributed by atoms with Crippen LogP contribution >= 0.6 is 0 Å². The minimum Gasteiger partial charge on any atom is -0.489 e. The average Bonchev–Trinajstić information content (AvgIpc) is 2.62. The first kappa shape index (κ1) is 14.3. The predicted molar refractivity (Wildman–Crippen MR) is 76.0 cm³/mol. The van der Waals surface area contributed by atoms with E-state index in [0.717, 1.165) is 25.1 Å². The van der Waals surface area contributed by atoms with Gasteiger partial charge in [-0.1, -0.05) is 20.8 Å². The number of ether oxygens (including phenoxy) is 1. The maximum atomic E-state index is 13.3. The lowest BCUT2D eigenvalue weighted by molar-refractivity contribution is 0.141. The molecule has 1 fully saturated rings. The van der Waals surface area contributed by atoms with Crippen LogP contribution < -0.4 is 10.1 Å². The summed E-state index contributed by atoms with van der Waals surface area (Å²) in [4.78, 5) is 0. The van der Waals surface area contributed by atoms with Gasteiger partial charge in [0.1, 0.15) is 17.7 Å². The molecule has 0 amide bonds. The Hall–Kier alpha value is -1.09. The molecule has 0 saturated heterocycles. The fraction of sp³-hybridized carbons (Fsp3) is 0.625. The molecular formula is C16H24FNO. The molecule has 1 saturated carbocycles. The Bertz CT molecular complexity index is 444. The quantitative estimate of drug-likeness (QED) is 0.896. The van der Waals surface area contributed by atoms with Gasteiger partial charge in [-0.25, -0.2) is 4.39 Å². The topological polar surface area (TPSA) is 21.3 Å². The molecule has 19 heavy (non-hydrogen) atoms. The number of hydrogen-bond acceptors (Lipinski definition) is 2. The summed E-state index contributed by atoms with van der Waals surface area (Å²) in [5, 5.41) is 3.53. The van der Waals surface area contributed by atoms with Gasteiger partial charge in [0.2, 0.25) is 0 Å². The summed E-state index contributed by atoms with van der Waals surface area (Å²) >= 11 is 0. The van der Waals surface area contributed by atoms with Crippen molar-refractivity contribution in [2.24, 2.45) is 5.41 Å². The Morgan fingerprint density at radius 1 is 1.42 bits per heavy atom. The standard InChI is InChI=1S/C16H24FNO/c1-5-18-15-14(8-9-16(15,3)4)19-12-6-7-13(17)11(2)10-12/h6-7,10,14-15,18H,5,8-9H2,1-4H3. The number of halogens is 1. The third kappa shape index (κ3) is 3.08. The number of likely N-dealkylation sites (N-methyl/N-ethyl adjacent to an activating group) is 1. The van der Waals surface area contributed by atoms with Crippen LogP contribution in [-0.4, -0.2) is 18.7 Å². The number of hydrogen-bond donors (Lipinski definition) is 1. The maximum absolute atomic E-state index is 13.3. The fourth-order valence-electron chi connectivity index (χ4n) is 2.96. The van der Waals surface area contributed by atoms with Crippen molar-refractivity contribution in [3.63, 3.8) is 0 Å². The lowest BCUT2D eigenvalue weighted by Gasteiger charge is -2.31. The lowest BCUT2D eigenvalue weighted by Crippen LogP contribution is -2.46. The molecule has 1 aliphatic rings. The van der Waals surface area contributed by atoms with E-state index in [1.807, 2.05) is 0 Å². The molecule has 2 rings (SSSR count). The highest BCUT2D eigenvalue weighted by atomic mass is 19.1. The van der Waals surface area contributed by atoms with Crippen molar-refractivity contribution in [1.29, 1.82) is 0 Å². The first-order valence-electron chi connectivity index (χ1n) is 7.10. The summed E-state index contributed by atoms with van der Waals surface area (Å²) < 4.78 is 19.3. The summed E-state index contributed by atoms with van der Waals surface area (Å²) in [6.45, 7) is 9.38. The van der Waals surface area contributed by atoms with E-state index in [4.69, 9.17) is 4.74 Å². The molecule has 0 radical (unpaired) electrons. The van der Waals surface area contributed by atoms with Gasteiger partial charge in [-0.3, -0.25) is 0 Å². The van der Waals surface area contributed by atoms with Gasteiger partial charge in [0.25, 0.3) is 0 Å². The van der Waals surface area contributed by atoms with Crippen LogP contribution in [0.25, 0.3) is 0 Å². The van der Waals surface area contributed by atoms with Gasteiger partial charge in [0.05, 0.1) is 0 Å². The molecular weight excluding hydrogens is 241 g/mol. The van der Waals surface area contributed by atoms with Crippen molar-refractivity contribution in [2.75, 3.05) is 6.54 Å². The number of benzene rings is 1. The first-order chi connectivity index (χ1) is 8.94. The second-order valence-corrected chi connectivity index (χ2v) is 6.13. The minimum atomic E-state index is -0.178. The van der Waals surface area contributed by atoms with Gasteiger partial charge >= 0.3 is 0 Å². The van der Waals surface area contributed by atoms with Crippen LogP contribution in [0.2, 0.25) is 0 Å². The third-order valence-corrected chi connectivity index (χ3v) is 4.13. The predicted octanol–water partition coefficient (Wildman–Crippen LogP) is 3.68. The smallest absolute Gasteiger partial charge is 0.126 e. The number of aryl methyl sites for hydroxylation is 1. The zero-order valence-corrected chi connectivity index (χ0v) is 12.3. The molecule has 1 aromatic rings. The molecule has 1 aliphatic carbocycles. The van der Waals surface area contributed by atoms with Gasteiger partial charge in [-0.15, -0.1) is 0 Å². The molecule has 0 bridgehead atoms. The van der Waals surface area contributed by atoms with Crippen molar-refractivity contribution in [2.45, 2.75) is 52.7 Å². The summed E-state index contributed by atoms with van der Waals surface area (Å²) in [5.41, 5.74) is 0.880. The normalized spacial score (nSPS) is 25.5. The van der Waals surface area contributed by atoms with Gasteiger partial charge in [-0.2, -0.15) is 0 Å². The molecule has 0 aromatic heterocycles. The molecule has 2 atom stereocenters. The van der Waals surface area contributed by atoms with Crippen LogP contribution in [0, 0.1) is 18.2 Å². The molecule has 2 unspecified atom stereocenters. The molecule has 0 aliphatic heterocycles. The summed E-state index contributed by atoms with van der Waals surface area (Å²) in [6, 6.07) is 5.33. The highest BCUT2D eigenvalue weighted by Gasteiger charge is 2.42. The van der Waals surface area contributed by atoms with Crippen LogP contribution in [0.4, 0.5) is 4.39 Å². The summed E-state index contributed by atoms with van der Waals surface area (Å²) in [5.74, 6) is 0.590. The second-order valence-electron chi connectivity index (χ2n) is 6.13. The fourth-order valence-corrected chi connectivity index (χ4v) is 2.96. The third-order valence-electron chi connectivity index (χ3n) is 4.13. The second kappa shape index (κ2) is 5.49. The zero-order valence-electron chi connectivity index (χ0n) is 12.3. The van der Waals surface area contributed by atoms with Crippen molar-refractivity contribution in [3.05, 3.63) is 29.6 Å². The van der Waals surface area contributed by atoms with E-state index in [-0.39, 0.29) is 17.3 Å². The zero-order chi connectivity index (χ0) is 14.0. The molecule has 0 spiro atoms. The Balaban J connectivity index is 2.11. The van der Waals surface area contributed by atoms with Gasteiger partial charge in [-0.05, 0) is 55.5 Å². The highest BCUT2D eigenvalue weighted by molar-refractivity contribution is 5.29. The molecule has 0 heterocycles. The molecule has 2 nitrogen and oxygen atoms in total. The van der Waals surface area contributed by atoms with E-state index in [9.17, 15) is 4.39 Å². The Kier molecular flexibility index (Phi) is 4.14. The van der Waals surface area contributed by atoms with Crippen LogP contribution in [0.5, 0.6) is 5.75 Å². The molecule has 3 heteroatoms. The highest BCUT2D eigenvalue weighted by Crippen LogP contribution is 2.39. The van der Waals surface area contributed by atoms with E-state index in [2.05, 4.69) is 26.1 Å². The minimum absolute atomic E-state index is 0.166. The SMILES string of the molecule is CCNC1C(Oc2ccc(F)c(C)c2)CCC1(C)C. The monoisotopic (exact) mass is 265 g/mol. The van der Waals surface area contributed by atoms with Crippen molar-refractivity contribution in [1.82, 2.24) is 5.32 Å². The first-order valence-corrected chi connectivity index (χ1v) is 7.10. The van der Waals surface area contributed by atoms with Crippen LogP contribution in [0.3, 0.4) is 0 Å². The van der Waals surface area contributed by atoms with E-state index in [0.29, 0.717) is 11.6 Å². The van der Waals surface area contributed by atoms with Gasteiger partial charge in [0.15, 0.2) is 0 Å². The largest absolute Gasteiger partial charge is 0.489 e. The van der Waals surface area contributed by atoms with Crippen LogP contribution in [0.1, 0.15) is 39.2 Å². The number of nitrogens with one attached hydrogen (secondary N) is 1. The Morgan fingerprint density at radius 3 is 2.79 bits per heavy atom. The maximum Gasteiger partial charge on any atom is 0.126 e.